The van der Waals surface area contributed by atoms with Crippen LogP contribution in [0.4, 0.5) is 0 Å². The van der Waals surface area contributed by atoms with E-state index in [9.17, 15) is 0 Å². The van der Waals surface area contributed by atoms with Crippen LogP contribution < -0.4 is 0 Å². The standard InChI is InChI=1S/C17H13N.C14H15N/c1-3-7-14(8-4-1)16-11-12-17(18-13-16)15-9-5-2-6-10-15;1-10-5-4-6-13(9-10)14-11(2)7-8-12(3)15-14/h1-13H;4-9H,1-3H3. The Bertz CT molecular complexity index is 1250. The van der Waals surface area contributed by atoms with E-state index >= 15 is 0 Å². The fraction of sp³-hybridized carbons (Fsp3) is 0.0968. The minimum absolute atomic E-state index is 1.01. The van der Waals surface area contributed by atoms with Crippen molar-refractivity contribution in [2.75, 3.05) is 0 Å². The second-order valence-electron chi connectivity index (χ2n) is 8.15. The van der Waals surface area contributed by atoms with Crippen molar-refractivity contribution < 1.29 is 0 Å². The maximum atomic E-state index is 4.58. The minimum Gasteiger partial charge on any atom is -0.256 e. The summed E-state index contributed by atoms with van der Waals surface area (Å²) in [4.78, 5) is 9.11. The molecule has 2 heteroatoms. The molecule has 2 heterocycles. The molecule has 0 aliphatic rings. The van der Waals surface area contributed by atoms with E-state index in [4.69, 9.17) is 0 Å². The first-order chi connectivity index (χ1) is 16.1. The third kappa shape index (κ3) is 5.81. The van der Waals surface area contributed by atoms with Crippen molar-refractivity contribution in [3.63, 3.8) is 0 Å². The summed E-state index contributed by atoms with van der Waals surface area (Å²) in [6.07, 6.45) is 1.93. The molecule has 0 saturated carbocycles. The third-order valence-electron chi connectivity index (χ3n) is 5.47. The number of aromatic nitrogens is 2. The smallest absolute Gasteiger partial charge is 0.0734 e. The van der Waals surface area contributed by atoms with E-state index in [2.05, 4.69) is 96.6 Å². The lowest BCUT2D eigenvalue weighted by Gasteiger charge is -2.06. The molecule has 0 aliphatic carbocycles. The summed E-state index contributed by atoms with van der Waals surface area (Å²) in [6.45, 7) is 6.23. The van der Waals surface area contributed by atoms with Crippen LogP contribution in [-0.4, -0.2) is 9.97 Å². The van der Waals surface area contributed by atoms with Gasteiger partial charge in [-0.3, -0.25) is 9.97 Å². The van der Waals surface area contributed by atoms with Gasteiger partial charge in [0.1, 0.15) is 0 Å². The van der Waals surface area contributed by atoms with E-state index in [1.165, 1.54) is 22.3 Å². The van der Waals surface area contributed by atoms with Gasteiger partial charge in [0.15, 0.2) is 0 Å². The van der Waals surface area contributed by atoms with E-state index in [0.29, 0.717) is 0 Å². The molecule has 0 amide bonds. The van der Waals surface area contributed by atoms with Gasteiger partial charge in [0.25, 0.3) is 0 Å². The molecule has 5 aromatic rings. The van der Waals surface area contributed by atoms with Gasteiger partial charge in [-0.2, -0.15) is 0 Å². The number of hydrogen-bond acceptors (Lipinski definition) is 2. The van der Waals surface area contributed by atoms with Crippen LogP contribution in [0.3, 0.4) is 0 Å². The molecule has 0 radical (unpaired) electrons. The maximum absolute atomic E-state index is 4.58. The van der Waals surface area contributed by atoms with Gasteiger partial charge in [-0.05, 0) is 50.1 Å². The van der Waals surface area contributed by atoms with Gasteiger partial charge in [-0.15, -0.1) is 0 Å². The molecule has 0 spiro atoms. The fourth-order valence-corrected chi connectivity index (χ4v) is 3.69. The third-order valence-corrected chi connectivity index (χ3v) is 5.47. The molecular weight excluding hydrogens is 400 g/mol. The highest BCUT2D eigenvalue weighted by Gasteiger charge is 2.03. The van der Waals surface area contributed by atoms with E-state index < -0.39 is 0 Å². The van der Waals surface area contributed by atoms with Crippen LogP contribution in [0.1, 0.15) is 16.8 Å². The predicted octanol–water partition coefficient (Wildman–Crippen LogP) is 8.09. The lowest BCUT2D eigenvalue weighted by atomic mass is 10.0. The Hall–Kier alpha value is -4.04. The van der Waals surface area contributed by atoms with Crippen LogP contribution in [0, 0.1) is 20.8 Å². The molecule has 162 valence electrons. The first-order valence-electron chi connectivity index (χ1n) is 11.2. The Balaban J connectivity index is 0.000000160. The highest BCUT2D eigenvalue weighted by Crippen LogP contribution is 2.23. The van der Waals surface area contributed by atoms with Crippen molar-refractivity contribution in [2.24, 2.45) is 0 Å². The van der Waals surface area contributed by atoms with Crippen LogP contribution in [0.5, 0.6) is 0 Å². The first-order valence-corrected chi connectivity index (χ1v) is 11.2. The molecule has 33 heavy (non-hydrogen) atoms. The van der Waals surface area contributed by atoms with Gasteiger partial charge in [0.05, 0.1) is 11.4 Å². The molecular formula is C31H28N2. The van der Waals surface area contributed by atoms with Crippen molar-refractivity contribution in [3.8, 4) is 33.6 Å². The zero-order valence-electron chi connectivity index (χ0n) is 19.4. The van der Waals surface area contributed by atoms with Crippen LogP contribution in [0.15, 0.2) is 115 Å². The maximum Gasteiger partial charge on any atom is 0.0734 e. The number of nitrogens with zero attached hydrogens (tertiary/aromatic N) is 2. The number of aryl methyl sites for hydroxylation is 3. The van der Waals surface area contributed by atoms with Crippen LogP contribution >= 0.6 is 0 Å². The summed E-state index contributed by atoms with van der Waals surface area (Å²) >= 11 is 0. The summed E-state index contributed by atoms with van der Waals surface area (Å²) < 4.78 is 0. The van der Waals surface area contributed by atoms with Crippen molar-refractivity contribution >= 4 is 0 Å². The first kappa shape index (κ1) is 22.2. The second-order valence-corrected chi connectivity index (χ2v) is 8.15. The van der Waals surface area contributed by atoms with Gasteiger partial charge in [-0.25, -0.2) is 0 Å². The molecule has 2 nitrogen and oxygen atoms in total. The second kappa shape index (κ2) is 10.5. The zero-order chi connectivity index (χ0) is 23.0. The summed E-state index contributed by atoms with van der Waals surface area (Å²) in [7, 11) is 0. The Morgan fingerprint density at radius 1 is 0.515 bits per heavy atom. The normalized spacial score (nSPS) is 10.3. The molecule has 0 fully saturated rings. The van der Waals surface area contributed by atoms with Crippen molar-refractivity contribution in [1.29, 1.82) is 0 Å². The quantitative estimate of drug-likeness (QED) is 0.290. The average molecular weight is 429 g/mol. The summed E-state index contributed by atoms with van der Waals surface area (Å²) in [6, 6.07) is 37.4. The van der Waals surface area contributed by atoms with Crippen LogP contribution in [-0.2, 0) is 0 Å². The molecule has 0 atom stereocenters. The van der Waals surface area contributed by atoms with Gasteiger partial charge in [0.2, 0.25) is 0 Å². The monoisotopic (exact) mass is 428 g/mol. The predicted molar refractivity (Wildman–Crippen MR) is 139 cm³/mol. The van der Waals surface area contributed by atoms with Gasteiger partial charge in [-0.1, -0.05) is 96.6 Å². The summed E-state index contributed by atoms with van der Waals surface area (Å²) in [5.74, 6) is 0. The highest BCUT2D eigenvalue weighted by molar-refractivity contribution is 5.66. The average Bonchev–Trinajstić information content (AvgIpc) is 2.87. The van der Waals surface area contributed by atoms with Crippen molar-refractivity contribution in [3.05, 3.63) is 132 Å². The largest absolute Gasteiger partial charge is 0.256 e. The van der Waals surface area contributed by atoms with Crippen molar-refractivity contribution in [1.82, 2.24) is 9.97 Å². The number of hydrogen-bond donors (Lipinski definition) is 0. The van der Waals surface area contributed by atoms with Gasteiger partial charge in [0, 0.05) is 28.6 Å². The molecule has 0 saturated heterocycles. The summed E-state index contributed by atoms with van der Waals surface area (Å²) in [5, 5.41) is 0. The van der Waals surface area contributed by atoms with E-state index in [-0.39, 0.29) is 0 Å². The minimum atomic E-state index is 1.01. The fourth-order valence-electron chi connectivity index (χ4n) is 3.69. The molecule has 0 bridgehead atoms. The lowest BCUT2D eigenvalue weighted by Crippen LogP contribution is -1.90. The SMILES string of the molecule is Cc1cccc(-c2nc(C)ccc2C)c1.c1ccc(-c2ccc(-c3ccccc3)nc2)cc1. The van der Waals surface area contributed by atoms with E-state index in [1.54, 1.807) is 0 Å². The lowest BCUT2D eigenvalue weighted by molar-refractivity contribution is 1.17. The Labute approximate surface area is 196 Å². The Kier molecular flexibility index (Phi) is 7.06. The number of rotatable bonds is 3. The number of benzene rings is 3. The Morgan fingerprint density at radius 2 is 1.18 bits per heavy atom. The van der Waals surface area contributed by atoms with Gasteiger partial charge < -0.3 is 0 Å². The van der Waals surface area contributed by atoms with E-state index in [1.807, 2.05) is 49.5 Å². The molecule has 3 aromatic carbocycles. The van der Waals surface area contributed by atoms with Crippen LogP contribution in [0.2, 0.25) is 0 Å². The van der Waals surface area contributed by atoms with Crippen LogP contribution in [0.25, 0.3) is 33.6 Å². The van der Waals surface area contributed by atoms with Crippen molar-refractivity contribution in [2.45, 2.75) is 20.8 Å². The Morgan fingerprint density at radius 3 is 1.82 bits per heavy atom. The molecule has 0 unspecified atom stereocenters. The molecule has 0 N–H and O–H groups in total. The zero-order valence-corrected chi connectivity index (χ0v) is 19.4. The highest BCUT2D eigenvalue weighted by atomic mass is 14.7. The topological polar surface area (TPSA) is 25.8 Å². The molecule has 0 aliphatic heterocycles. The van der Waals surface area contributed by atoms with Gasteiger partial charge >= 0.3 is 0 Å². The summed E-state index contributed by atoms with van der Waals surface area (Å²) in [5.41, 5.74) is 10.4. The number of pyridine rings is 2. The molecule has 2 aromatic heterocycles. The van der Waals surface area contributed by atoms with E-state index in [0.717, 1.165) is 28.2 Å². The molecule has 5 rings (SSSR count).